The van der Waals surface area contributed by atoms with Gasteiger partial charge in [0.1, 0.15) is 5.75 Å². The average molecular weight is 397 g/mol. The number of rotatable bonds is 3. The molecule has 0 saturated carbocycles. The van der Waals surface area contributed by atoms with E-state index in [4.69, 9.17) is 23.2 Å². The van der Waals surface area contributed by atoms with E-state index in [0.717, 1.165) is 6.07 Å². The Morgan fingerprint density at radius 2 is 1.70 bits per heavy atom. The fraction of sp³-hybridized carbons (Fsp3) is 0. The number of phenolic OH excluding ortho intramolecular Hbond substituents is 1. The highest BCUT2D eigenvalue weighted by molar-refractivity contribution is 9.10. The first-order valence-corrected chi connectivity index (χ1v) is 8.29. The molecule has 0 heterocycles. The normalized spacial score (nSPS) is 11.3. The van der Waals surface area contributed by atoms with Crippen molar-refractivity contribution in [3.63, 3.8) is 0 Å². The highest BCUT2D eigenvalue weighted by Crippen LogP contribution is 2.35. The summed E-state index contributed by atoms with van der Waals surface area (Å²) in [5, 5.41) is 9.66. The molecule has 20 heavy (non-hydrogen) atoms. The van der Waals surface area contributed by atoms with Crippen LogP contribution in [-0.2, 0) is 10.0 Å². The third-order valence-corrected chi connectivity index (χ3v) is 4.77. The molecule has 0 aromatic heterocycles. The number of hydrogen-bond acceptors (Lipinski definition) is 3. The molecule has 0 radical (unpaired) electrons. The van der Waals surface area contributed by atoms with E-state index >= 15 is 0 Å². The van der Waals surface area contributed by atoms with Crippen molar-refractivity contribution >= 4 is 54.8 Å². The van der Waals surface area contributed by atoms with Crippen LogP contribution in [0.15, 0.2) is 45.8 Å². The van der Waals surface area contributed by atoms with Gasteiger partial charge >= 0.3 is 0 Å². The summed E-state index contributed by atoms with van der Waals surface area (Å²) in [5.74, 6) is -0.152. The fourth-order valence-corrected chi connectivity index (χ4v) is 4.04. The minimum absolute atomic E-state index is 0.0832. The molecular formula is C12H8BrCl2NO3S. The van der Waals surface area contributed by atoms with Crippen molar-refractivity contribution < 1.29 is 13.5 Å². The summed E-state index contributed by atoms with van der Waals surface area (Å²) in [7, 11) is -3.89. The van der Waals surface area contributed by atoms with E-state index < -0.39 is 10.0 Å². The fourth-order valence-electron chi connectivity index (χ4n) is 1.48. The van der Waals surface area contributed by atoms with Gasteiger partial charge in [-0.05, 0) is 24.3 Å². The summed E-state index contributed by atoms with van der Waals surface area (Å²) in [6, 6.07) is 8.32. The van der Waals surface area contributed by atoms with Crippen molar-refractivity contribution in [3.8, 4) is 5.75 Å². The quantitative estimate of drug-likeness (QED) is 0.814. The number of hydrogen-bond donors (Lipinski definition) is 2. The molecule has 8 heteroatoms. The average Bonchev–Trinajstić information content (AvgIpc) is 2.34. The maximum Gasteiger partial charge on any atom is 0.262 e. The largest absolute Gasteiger partial charge is 0.508 e. The zero-order chi connectivity index (χ0) is 14.9. The Labute approximate surface area is 134 Å². The lowest BCUT2D eigenvalue weighted by Gasteiger charge is -2.12. The van der Waals surface area contributed by atoms with Gasteiger partial charge in [0.15, 0.2) is 0 Å². The van der Waals surface area contributed by atoms with Crippen LogP contribution in [0.25, 0.3) is 0 Å². The van der Waals surface area contributed by atoms with Crippen LogP contribution in [0, 0.1) is 0 Å². The van der Waals surface area contributed by atoms with E-state index in [-0.39, 0.29) is 26.4 Å². The van der Waals surface area contributed by atoms with Crippen LogP contribution in [0.5, 0.6) is 5.75 Å². The van der Waals surface area contributed by atoms with Crippen LogP contribution in [-0.4, -0.2) is 13.5 Å². The maximum absolute atomic E-state index is 12.2. The summed E-state index contributed by atoms with van der Waals surface area (Å²) in [4.78, 5) is -0.0902. The topological polar surface area (TPSA) is 66.4 Å². The molecule has 4 nitrogen and oxygen atoms in total. The lowest BCUT2D eigenvalue weighted by atomic mass is 10.3. The zero-order valence-corrected chi connectivity index (χ0v) is 13.7. The standard InChI is InChI=1S/C12H8BrCl2NO3S/c13-7-4-10(14)12(11(15)5-7)16-20(18,19)9-3-1-2-8(17)6-9/h1-6,16-17H. The Kier molecular flexibility index (Phi) is 4.49. The number of anilines is 1. The summed E-state index contributed by atoms with van der Waals surface area (Å²) < 4.78 is 27.3. The lowest BCUT2D eigenvalue weighted by molar-refractivity contribution is 0.473. The number of sulfonamides is 1. The SMILES string of the molecule is O=S(=O)(Nc1c(Cl)cc(Br)cc1Cl)c1cccc(O)c1. The van der Waals surface area contributed by atoms with E-state index in [1.165, 1.54) is 30.3 Å². The molecular weight excluding hydrogens is 389 g/mol. The third-order valence-electron chi connectivity index (χ3n) is 2.37. The lowest BCUT2D eigenvalue weighted by Crippen LogP contribution is -2.13. The molecule has 0 aliphatic rings. The van der Waals surface area contributed by atoms with E-state index in [9.17, 15) is 13.5 Å². The second kappa shape index (κ2) is 5.81. The highest BCUT2D eigenvalue weighted by atomic mass is 79.9. The van der Waals surface area contributed by atoms with Crippen LogP contribution >= 0.6 is 39.1 Å². The molecule has 2 aromatic carbocycles. The Hall–Kier alpha value is -0.950. The summed E-state index contributed by atoms with van der Waals surface area (Å²) >= 11 is 15.1. The molecule has 0 saturated heterocycles. The van der Waals surface area contributed by atoms with Gasteiger partial charge in [0.2, 0.25) is 0 Å². The first kappa shape index (κ1) is 15.4. The van der Waals surface area contributed by atoms with Gasteiger partial charge in [0.25, 0.3) is 10.0 Å². The van der Waals surface area contributed by atoms with E-state index in [0.29, 0.717) is 4.47 Å². The smallest absolute Gasteiger partial charge is 0.262 e. The number of halogens is 3. The van der Waals surface area contributed by atoms with Crippen molar-refractivity contribution in [2.75, 3.05) is 4.72 Å². The van der Waals surface area contributed by atoms with Gasteiger partial charge < -0.3 is 5.11 Å². The monoisotopic (exact) mass is 395 g/mol. The number of benzene rings is 2. The third kappa shape index (κ3) is 3.38. The molecule has 0 unspecified atom stereocenters. The van der Waals surface area contributed by atoms with Crippen molar-refractivity contribution in [3.05, 3.63) is 50.9 Å². The molecule has 2 N–H and O–H groups in total. The second-order valence-corrected chi connectivity index (χ2v) is 7.26. The molecule has 0 spiro atoms. The molecule has 0 fully saturated rings. The summed E-state index contributed by atoms with van der Waals surface area (Å²) in [6.45, 7) is 0. The second-order valence-electron chi connectivity index (χ2n) is 3.85. The molecule has 0 atom stereocenters. The van der Waals surface area contributed by atoms with Crippen LogP contribution in [0.4, 0.5) is 5.69 Å². The molecule has 2 rings (SSSR count). The Balaban J connectivity index is 2.44. The number of aromatic hydroxyl groups is 1. The van der Waals surface area contributed by atoms with Gasteiger partial charge in [-0.1, -0.05) is 45.2 Å². The van der Waals surface area contributed by atoms with Gasteiger partial charge in [-0.15, -0.1) is 0 Å². The summed E-state index contributed by atoms with van der Waals surface area (Å²) in [5.41, 5.74) is 0.0832. The van der Waals surface area contributed by atoms with E-state index in [1.54, 1.807) is 0 Å². The minimum atomic E-state index is -3.89. The number of phenols is 1. The zero-order valence-electron chi connectivity index (χ0n) is 9.77. The minimum Gasteiger partial charge on any atom is -0.508 e. The van der Waals surface area contributed by atoms with Crippen molar-refractivity contribution in [2.45, 2.75) is 4.90 Å². The molecule has 0 amide bonds. The van der Waals surface area contributed by atoms with Gasteiger partial charge in [-0.25, -0.2) is 8.42 Å². The summed E-state index contributed by atoms with van der Waals surface area (Å²) in [6.07, 6.45) is 0. The van der Waals surface area contributed by atoms with Gasteiger partial charge in [0.05, 0.1) is 20.6 Å². The van der Waals surface area contributed by atoms with Gasteiger partial charge in [-0.3, -0.25) is 4.72 Å². The predicted molar refractivity (Wildman–Crippen MR) is 83.1 cm³/mol. The van der Waals surface area contributed by atoms with E-state index in [2.05, 4.69) is 20.7 Å². The van der Waals surface area contributed by atoms with Crippen molar-refractivity contribution in [2.24, 2.45) is 0 Å². The predicted octanol–water partition coefficient (Wildman–Crippen LogP) is 4.26. The molecule has 0 bridgehead atoms. The first-order chi connectivity index (χ1) is 9.29. The van der Waals surface area contributed by atoms with Crippen LogP contribution < -0.4 is 4.72 Å². The Morgan fingerprint density at radius 3 is 2.25 bits per heavy atom. The van der Waals surface area contributed by atoms with Gasteiger partial charge in [0, 0.05) is 10.5 Å². The molecule has 0 aliphatic carbocycles. The first-order valence-electron chi connectivity index (χ1n) is 5.26. The molecule has 2 aromatic rings. The maximum atomic E-state index is 12.2. The molecule has 106 valence electrons. The van der Waals surface area contributed by atoms with E-state index in [1.807, 2.05) is 0 Å². The van der Waals surface area contributed by atoms with Crippen molar-refractivity contribution in [1.82, 2.24) is 0 Å². The highest BCUT2D eigenvalue weighted by Gasteiger charge is 2.18. The number of nitrogens with one attached hydrogen (secondary N) is 1. The van der Waals surface area contributed by atoms with Gasteiger partial charge in [-0.2, -0.15) is 0 Å². The van der Waals surface area contributed by atoms with Crippen LogP contribution in [0.3, 0.4) is 0 Å². The van der Waals surface area contributed by atoms with Crippen LogP contribution in [0.1, 0.15) is 0 Å². The Bertz CT molecular complexity index is 742. The Morgan fingerprint density at radius 1 is 1.10 bits per heavy atom. The molecule has 0 aliphatic heterocycles. The van der Waals surface area contributed by atoms with Crippen molar-refractivity contribution in [1.29, 1.82) is 0 Å². The van der Waals surface area contributed by atoms with Crippen LogP contribution in [0.2, 0.25) is 10.0 Å².